The van der Waals surface area contributed by atoms with E-state index in [4.69, 9.17) is 14.2 Å². The molecule has 1 heterocycles. The van der Waals surface area contributed by atoms with Crippen molar-refractivity contribution in [2.75, 3.05) is 26.9 Å². The largest absolute Gasteiger partial charge is 0.490 e. The van der Waals surface area contributed by atoms with Crippen LogP contribution >= 0.6 is 0 Å². The topological polar surface area (TPSA) is 65.1 Å². The van der Waals surface area contributed by atoms with Gasteiger partial charge in [-0.3, -0.25) is 9.59 Å². The van der Waals surface area contributed by atoms with E-state index >= 15 is 0 Å². The molecule has 0 radical (unpaired) electrons. The Labute approximate surface area is 196 Å². The monoisotopic (exact) mass is 453 g/mol. The molecule has 4 rings (SSSR count). The summed E-state index contributed by atoms with van der Waals surface area (Å²) < 4.78 is 17.2. The predicted molar refractivity (Wildman–Crippen MR) is 126 cm³/mol. The molecule has 0 amide bonds. The molecule has 0 fully saturated rings. The third-order valence-corrected chi connectivity index (χ3v) is 6.57. The van der Waals surface area contributed by atoms with Gasteiger partial charge in [0.05, 0.1) is 19.3 Å². The van der Waals surface area contributed by atoms with Crippen molar-refractivity contribution in [3.63, 3.8) is 0 Å². The number of hydrogen-bond acceptors (Lipinski definition) is 6. The zero-order valence-electron chi connectivity index (χ0n) is 20.2. The number of ketones is 2. The number of ether oxygens (including phenoxy) is 3. The lowest BCUT2D eigenvalue weighted by Gasteiger charge is -2.44. The molecule has 33 heavy (non-hydrogen) atoms. The molecule has 6 heteroatoms. The van der Waals surface area contributed by atoms with Gasteiger partial charge in [-0.15, -0.1) is 0 Å². The average Bonchev–Trinajstić information content (AvgIpc) is 2.78. The Morgan fingerprint density at radius 3 is 2.15 bits per heavy atom. The van der Waals surface area contributed by atoms with Gasteiger partial charge in [0.2, 0.25) is 0 Å². The molecular weight excluding hydrogens is 418 g/mol. The molecule has 1 aromatic rings. The predicted octanol–water partition coefficient (Wildman–Crippen LogP) is 4.93. The van der Waals surface area contributed by atoms with Crippen molar-refractivity contribution in [3.05, 3.63) is 46.3 Å². The van der Waals surface area contributed by atoms with Crippen LogP contribution in [-0.2, 0) is 14.3 Å². The van der Waals surface area contributed by atoms with Crippen molar-refractivity contribution in [3.8, 4) is 11.5 Å². The Morgan fingerprint density at radius 1 is 0.970 bits per heavy atom. The summed E-state index contributed by atoms with van der Waals surface area (Å²) in [5, 5.41) is 0. The molecule has 0 aromatic heterocycles. The highest BCUT2D eigenvalue weighted by molar-refractivity contribution is 6.06. The molecule has 6 nitrogen and oxygen atoms in total. The van der Waals surface area contributed by atoms with Gasteiger partial charge in [0.25, 0.3) is 0 Å². The minimum absolute atomic E-state index is 0.0162. The summed E-state index contributed by atoms with van der Waals surface area (Å²) in [7, 11) is 1.69. The maximum absolute atomic E-state index is 13.3. The molecule has 0 spiro atoms. The van der Waals surface area contributed by atoms with Crippen molar-refractivity contribution >= 4 is 11.6 Å². The third-order valence-electron chi connectivity index (χ3n) is 6.57. The van der Waals surface area contributed by atoms with Crippen molar-refractivity contribution in [2.45, 2.75) is 71.3 Å². The first-order valence-corrected chi connectivity index (χ1v) is 12.2. The smallest absolute Gasteiger partial charge is 0.161 e. The van der Waals surface area contributed by atoms with E-state index in [1.807, 2.05) is 39.0 Å². The maximum atomic E-state index is 13.3. The summed E-state index contributed by atoms with van der Waals surface area (Å²) in [5.74, 6) is 1.28. The molecular formula is C27H35NO5. The average molecular weight is 454 g/mol. The van der Waals surface area contributed by atoms with Crippen LogP contribution < -0.4 is 9.47 Å². The first kappa shape index (κ1) is 23.6. The lowest BCUT2D eigenvalue weighted by Crippen LogP contribution is -2.40. The Balaban J connectivity index is 1.88. The minimum atomic E-state index is -0.346. The van der Waals surface area contributed by atoms with Crippen LogP contribution in [0.3, 0.4) is 0 Å². The quantitative estimate of drug-likeness (QED) is 0.556. The van der Waals surface area contributed by atoms with Crippen molar-refractivity contribution in [1.82, 2.24) is 4.90 Å². The first-order valence-electron chi connectivity index (χ1n) is 12.2. The van der Waals surface area contributed by atoms with E-state index in [1.165, 1.54) is 0 Å². The van der Waals surface area contributed by atoms with Crippen LogP contribution in [0.15, 0.2) is 40.7 Å². The van der Waals surface area contributed by atoms with Crippen LogP contribution in [-0.4, -0.2) is 49.4 Å². The summed E-state index contributed by atoms with van der Waals surface area (Å²) in [6.45, 7) is 7.62. The molecule has 1 aliphatic heterocycles. The van der Waals surface area contributed by atoms with E-state index in [2.05, 4.69) is 4.90 Å². The number of benzene rings is 1. The maximum Gasteiger partial charge on any atom is 0.161 e. The normalized spacial score (nSPS) is 19.2. The van der Waals surface area contributed by atoms with Gasteiger partial charge in [0.1, 0.15) is 0 Å². The summed E-state index contributed by atoms with van der Waals surface area (Å²) >= 11 is 0. The summed E-state index contributed by atoms with van der Waals surface area (Å²) in [6, 6.07) is 5.88. The van der Waals surface area contributed by atoms with E-state index in [-0.39, 0.29) is 23.6 Å². The fraction of sp³-hybridized carbons (Fsp3) is 0.556. The van der Waals surface area contributed by atoms with Gasteiger partial charge in [0, 0.05) is 55.0 Å². The number of Topliss-reactive ketones (excluding diaryl/α,β-unsaturated/α-hetero) is 2. The molecule has 0 unspecified atom stereocenters. The number of carbonyl (C=O) groups is 2. The van der Waals surface area contributed by atoms with Gasteiger partial charge in [-0.2, -0.15) is 0 Å². The second-order valence-corrected chi connectivity index (χ2v) is 9.16. The fourth-order valence-corrected chi connectivity index (χ4v) is 5.33. The van der Waals surface area contributed by atoms with Gasteiger partial charge in [-0.25, -0.2) is 0 Å². The van der Waals surface area contributed by atoms with E-state index in [0.717, 1.165) is 53.8 Å². The number of hydrogen-bond donors (Lipinski definition) is 0. The molecule has 1 aromatic carbocycles. The molecule has 0 bridgehead atoms. The lowest BCUT2D eigenvalue weighted by atomic mass is 9.71. The minimum Gasteiger partial charge on any atom is -0.490 e. The number of carbonyl (C=O) groups excluding carboxylic acids is 2. The van der Waals surface area contributed by atoms with E-state index in [0.29, 0.717) is 44.1 Å². The summed E-state index contributed by atoms with van der Waals surface area (Å²) in [4.78, 5) is 28.9. The second-order valence-electron chi connectivity index (χ2n) is 9.16. The van der Waals surface area contributed by atoms with Crippen molar-refractivity contribution in [2.24, 2.45) is 0 Å². The summed E-state index contributed by atoms with van der Waals surface area (Å²) in [6.07, 6.45) is 4.44. The molecule has 0 N–H and O–H groups in total. The molecule has 3 aliphatic rings. The highest BCUT2D eigenvalue weighted by atomic mass is 16.5. The number of rotatable bonds is 8. The van der Waals surface area contributed by atoms with E-state index < -0.39 is 0 Å². The molecule has 0 saturated carbocycles. The van der Waals surface area contributed by atoms with Gasteiger partial charge < -0.3 is 19.1 Å². The molecule has 2 aliphatic carbocycles. The fourth-order valence-electron chi connectivity index (χ4n) is 5.33. The molecule has 0 atom stereocenters. The lowest BCUT2D eigenvalue weighted by molar-refractivity contribution is -0.117. The van der Waals surface area contributed by atoms with Gasteiger partial charge in [0.15, 0.2) is 23.1 Å². The van der Waals surface area contributed by atoms with Crippen LogP contribution in [0, 0.1) is 0 Å². The second kappa shape index (κ2) is 10.1. The van der Waals surface area contributed by atoms with Crippen LogP contribution in [0.2, 0.25) is 0 Å². The van der Waals surface area contributed by atoms with Crippen LogP contribution in [0.4, 0.5) is 0 Å². The zero-order valence-corrected chi connectivity index (χ0v) is 20.2. The van der Waals surface area contributed by atoms with Gasteiger partial charge in [-0.05, 0) is 64.2 Å². The number of nitrogens with zero attached hydrogens (tertiary/aromatic N) is 1. The highest BCUT2D eigenvalue weighted by Gasteiger charge is 2.43. The van der Waals surface area contributed by atoms with Crippen LogP contribution in [0.5, 0.6) is 11.5 Å². The standard InChI is InChI=1S/C27H35NO5/c1-5-32-24-16-18(12-13-23(24)33-17(2)3)25-26-19(8-6-10-21(26)29)28(14-15-31-4)20-9-7-11-22(30)27(20)25/h12-13,16-17,25H,5-11,14-15H2,1-4H3. The van der Waals surface area contributed by atoms with E-state index in [9.17, 15) is 9.59 Å². The Kier molecular flexibility index (Phi) is 7.23. The SMILES string of the molecule is CCOc1cc(C2C3=C(CCCC3=O)N(CCOC)C3=C2C(=O)CCC3)ccc1OC(C)C. The van der Waals surface area contributed by atoms with Gasteiger partial charge >= 0.3 is 0 Å². The van der Waals surface area contributed by atoms with Crippen LogP contribution in [0.25, 0.3) is 0 Å². The van der Waals surface area contributed by atoms with Crippen molar-refractivity contribution in [1.29, 1.82) is 0 Å². The number of allylic oxidation sites excluding steroid dienone is 4. The first-order chi connectivity index (χ1) is 16.0. The van der Waals surface area contributed by atoms with Gasteiger partial charge in [-0.1, -0.05) is 6.07 Å². The third kappa shape index (κ3) is 4.58. The highest BCUT2D eigenvalue weighted by Crippen LogP contribution is 2.50. The van der Waals surface area contributed by atoms with Crippen LogP contribution in [0.1, 0.15) is 70.8 Å². The molecule has 178 valence electrons. The molecule has 0 saturated heterocycles. The summed E-state index contributed by atoms with van der Waals surface area (Å²) in [5.41, 5.74) is 4.63. The van der Waals surface area contributed by atoms with Crippen molar-refractivity contribution < 1.29 is 23.8 Å². The Morgan fingerprint density at radius 2 is 1.61 bits per heavy atom. The Hall–Kier alpha value is -2.60. The zero-order chi connectivity index (χ0) is 23.5. The number of methoxy groups -OCH3 is 1. The van der Waals surface area contributed by atoms with E-state index in [1.54, 1.807) is 7.11 Å². The Bertz CT molecular complexity index is 946.